The number of benzene rings is 2. The van der Waals surface area contributed by atoms with Crippen molar-refractivity contribution in [2.75, 3.05) is 20.6 Å². The van der Waals surface area contributed by atoms with E-state index in [9.17, 15) is 4.79 Å². The molecular formula is C23H25N3O. The van der Waals surface area contributed by atoms with Crippen molar-refractivity contribution in [2.24, 2.45) is 0 Å². The summed E-state index contributed by atoms with van der Waals surface area (Å²) in [4.78, 5) is 19.1. The molecule has 0 aliphatic carbocycles. The zero-order valence-corrected chi connectivity index (χ0v) is 16.0. The maximum atomic E-state index is 12.5. The van der Waals surface area contributed by atoms with Crippen LogP contribution in [-0.4, -0.2) is 36.4 Å². The first-order valence-electron chi connectivity index (χ1n) is 9.07. The molecule has 0 spiro atoms. The molecule has 4 heteroatoms. The second kappa shape index (κ2) is 8.60. The van der Waals surface area contributed by atoms with Gasteiger partial charge in [0, 0.05) is 18.0 Å². The molecule has 1 unspecified atom stereocenters. The molecule has 1 atom stereocenters. The van der Waals surface area contributed by atoms with Crippen molar-refractivity contribution in [1.29, 1.82) is 0 Å². The highest BCUT2D eigenvalue weighted by Gasteiger charge is 2.14. The number of carbonyl (C=O) groups is 1. The molecule has 0 saturated carbocycles. The summed E-state index contributed by atoms with van der Waals surface area (Å²) in [6.45, 7) is 2.79. The first-order valence-corrected chi connectivity index (χ1v) is 9.07. The molecule has 0 radical (unpaired) electrons. The molecule has 2 aromatic carbocycles. The molecule has 3 rings (SSSR count). The minimum atomic E-state index is -0.127. The highest BCUT2D eigenvalue weighted by molar-refractivity contribution is 5.92. The number of fused-ring (bicyclic) bond motifs is 1. The van der Waals surface area contributed by atoms with Crippen molar-refractivity contribution in [1.82, 2.24) is 15.2 Å². The highest BCUT2D eigenvalue weighted by atomic mass is 16.1. The van der Waals surface area contributed by atoms with E-state index in [1.807, 2.05) is 56.6 Å². The van der Waals surface area contributed by atoms with Crippen molar-refractivity contribution in [2.45, 2.75) is 13.0 Å². The Morgan fingerprint density at radius 3 is 2.70 bits per heavy atom. The number of aryl methyl sites for hydroxylation is 1. The van der Waals surface area contributed by atoms with Crippen LogP contribution < -0.4 is 5.32 Å². The lowest BCUT2D eigenvalue weighted by molar-refractivity contribution is -0.117. The van der Waals surface area contributed by atoms with Gasteiger partial charge in [0.05, 0.1) is 17.3 Å². The fourth-order valence-electron chi connectivity index (χ4n) is 3.04. The number of hydrogen-bond acceptors (Lipinski definition) is 3. The zero-order chi connectivity index (χ0) is 19.2. The average molecular weight is 359 g/mol. The number of amides is 1. The molecule has 4 nitrogen and oxygen atoms in total. The van der Waals surface area contributed by atoms with Crippen LogP contribution >= 0.6 is 0 Å². The first-order chi connectivity index (χ1) is 13.0. The molecule has 1 amide bonds. The molecule has 3 aromatic rings. The zero-order valence-electron chi connectivity index (χ0n) is 16.0. The van der Waals surface area contributed by atoms with Crippen molar-refractivity contribution in [3.8, 4) is 0 Å². The maximum Gasteiger partial charge on any atom is 0.244 e. The summed E-state index contributed by atoms with van der Waals surface area (Å²) in [5.74, 6) is -0.127. The molecule has 0 fully saturated rings. The highest BCUT2D eigenvalue weighted by Crippen LogP contribution is 2.16. The molecule has 27 heavy (non-hydrogen) atoms. The molecule has 0 saturated heterocycles. The van der Waals surface area contributed by atoms with Gasteiger partial charge >= 0.3 is 0 Å². The quantitative estimate of drug-likeness (QED) is 0.677. The summed E-state index contributed by atoms with van der Waals surface area (Å²) in [7, 11) is 4.01. The van der Waals surface area contributed by atoms with Gasteiger partial charge in [0.2, 0.25) is 5.91 Å². The molecule has 138 valence electrons. The number of likely N-dealkylation sites (N-methyl/N-ethyl adjacent to an activating group) is 1. The summed E-state index contributed by atoms with van der Waals surface area (Å²) in [5.41, 5.74) is 3.98. The van der Waals surface area contributed by atoms with Crippen molar-refractivity contribution >= 4 is 22.9 Å². The second-order valence-corrected chi connectivity index (χ2v) is 7.00. The van der Waals surface area contributed by atoms with Crippen LogP contribution in [0.5, 0.6) is 0 Å². The van der Waals surface area contributed by atoms with Gasteiger partial charge in [-0.25, -0.2) is 4.98 Å². The Bertz CT molecular complexity index is 963. The lowest BCUT2D eigenvalue weighted by atomic mass is 10.0. The van der Waals surface area contributed by atoms with E-state index in [0.717, 1.165) is 28.7 Å². The van der Waals surface area contributed by atoms with Crippen LogP contribution in [0.2, 0.25) is 0 Å². The molecule has 0 aliphatic heterocycles. The Balaban J connectivity index is 1.73. The van der Waals surface area contributed by atoms with Crippen LogP contribution in [-0.2, 0) is 4.79 Å². The molecule has 1 heterocycles. The largest absolute Gasteiger partial charge is 0.344 e. The number of para-hydroxylation sites is 1. The summed E-state index contributed by atoms with van der Waals surface area (Å²) in [6, 6.07) is 20.1. The van der Waals surface area contributed by atoms with Gasteiger partial charge in [0.25, 0.3) is 0 Å². The predicted octanol–water partition coefficient (Wildman–Crippen LogP) is 3.98. The van der Waals surface area contributed by atoms with Gasteiger partial charge in [-0.05, 0) is 44.8 Å². The van der Waals surface area contributed by atoms with Gasteiger partial charge in [-0.1, -0.05) is 54.1 Å². The summed E-state index contributed by atoms with van der Waals surface area (Å²) in [6.07, 6.45) is 3.31. The topological polar surface area (TPSA) is 45.2 Å². The molecule has 0 aliphatic rings. The van der Waals surface area contributed by atoms with Gasteiger partial charge in [0.1, 0.15) is 0 Å². The Morgan fingerprint density at radius 1 is 1.11 bits per heavy atom. The Hall–Kier alpha value is -2.98. The predicted molar refractivity (Wildman–Crippen MR) is 111 cm³/mol. The fraction of sp³-hybridized carbons (Fsp3) is 0.217. The van der Waals surface area contributed by atoms with Crippen molar-refractivity contribution < 1.29 is 4.79 Å². The summed E-state index contributed by atoms with van der Waals surface area (Å²) >= 11 is 0. The number of nitrogens with zero attached hydrogens (tertiary/aromatic N) is 2. The standard InChI is InChI=1S/C23H25N3O/c1-17-7-6-9-19(15-17)22(16-26(2)3)25-23(27)14-13-20-12-11-18-8-4-5-10-21(18)24-20/h4-15,22H,16H2,1-3H3,(H,25,27)/b14-13+. The van der Waals surface area contributed by atoms with Crippen molar-refractivity contribution in [3.05, 3.63) is 83.6 Å². The van der Waals surface area contributed by atoms with Gasteiger partial charge in [-0.15, -0.1) is 0 Å². The van der Waals surface area contributed by atoms with Crippen LogP contribution in [0.1, 0.15) is 22.9 Å². The monoisotopic (exact) mass is 359 g/mol. The van der Waals surface area contributed by atoms with E-state index in [1.165, 1.54) is 5.56 Å². The fourth-order valence-corrected chi connectivity index (χ4v) is 3.04. The van der Waals surface area contributed by atoms with Crippen LogP contribution in [0.15, 0.2) is 66.7 Å². The number of hydrogen-bond donors (Lipinski definition) is 1. The minimum absolute atomic E-state index is 0.0680. The Kier molecular flexibility index (Phi) is 5.99. The van der Waals surface area contributed by atoms with Gasteiger partial charge in [-0.3, -0.25) is 4.79 Å². The van der Waals surface area contributed by atoms with Crippen LogP contribution in [0.4, 0.5) is 0 Å². The summed E-state index contributed by atoms with van der Waals surface area (Å²) in [5, 5.41) is 4.19. The van der Waals surface area contributed by atoms with E-state index in [1.54, 1.807) is 12.2 Å². The van der Waals surface area contributed by atoms with Crippen LogP contribution in [0, 0.1) is 6.92 Å². The van der Waals surface area contributed by atoms with E-state index < -0.39 is 0 Å². The van der Waals surface area contributed by atoms with E-state index >= 15 is 0 Å². The second-order valence-electron chi connectivity index (χ2n) is 7.00. The Labute approximate surface area is 160 Å². The van der Waals surface area contributed by atoms with Gasteiger partial charge < -0.3 is 10.2 Å². The average Bonchev–Trinajstić information content (AvgIpc) is 2.65. The molecule has 0 bridgehead atoms. The lowest BCUT2D eigenvalue weighted by Gasteiger charge is -2.22. The van der Waals surface area contributed by atoms with E-state index in [4.69, 9.17) is 0 Å². The van der Waals surface area contributed by atoms with Gasteiger partial charge in [-0.2, -0.15) is 0 Å². The van der Waals surface area contributed by atoms with Gasteiger partial charge in [0.15, 0.2) is 0 Å². The van der Waals surface area contributed by atoms with Crippen LogP contribution in [0.25, 0.3) is 17.0 Å². The minimum Gasteiger partial charge on any atom is -0.344 e. The number of carbonyl (C=O) groups excluding carboxylic acids is 1. The SMILES string of the molecule is Cc1cccc(C(CN(C)C)NC(=O)/C=C/c2ccc3ccccc3n2)c1. The lowest BCUT2D eigenvalue weighted by Crippen LogP contribution is -2.34. The Morgan fingerprint density at radius 2 is 1.93 bits per heavy atom. The van der Waals surface area contributed by atoms with Crippen LogP contribution in [0.3, 0.4) is 0 Å². The van der Waals surface area contributed by atoms with E-state index in [2.05, 4.69) is 40.3 Å². The molecule has 1 N–H and O–H groups in total. The van der Waals surface area contributed by atoms with E-state index in [-0.39, 0.29) is 11.9 Å². The van der Waals surface area contributed by atoms with E-state index in [0.29, 0.717) is 0 Å². The third kappa shape index (κ3) is 5.25. The smallest absolute Gasteiger partial charge is 0.244 e. The first kappa shape index (κ1) is 18.8. The summed E-state index contributed by atoms with van der Waals surface area (Å²) < 4.78 is 0. The third-order valence-corrected chi connectivity index (χ3v) is 4.33. The number of pyridine rings is 1. The number of nitrogens with one attached hydrogen (secondary N) is 1. The van der Waals surface area contributed by atoms with Crippen molar-refractivity contribution in [3.63, 3.8) is 0 Å². The maximum absolute atomic E-state index is 12.5. The normalized spacial score (nSPS) is 12.6. The molecule has 1 aromatic heterocycles. The molecular weight excluding hydrogens is 334 g/mol. The number of aromatic nitrogens is 1. The third-order valence-electron chi connectivity index (χ3n) is 4.33. The number of rotatable bonds is 6.